The summed E-state index contributed by atoms with van der Waals surface area (Å²) in [5.41, 5.74) is 3.41. The summed E-state index contributed by atoms with van der Waals surface area (Å²) < 4.78 is 2.90. The van der Waals surface area contributed by atoms with Crippen molar-refractivity contribution in [2.75, 3.05) is 0 Å². The van der Waals surface area contributed by atoms with Crippen molar-refractivity contribution in [3.8, 4) is 6.07 Å². The van der Waals surface area contributed by atoms with Crippen LogP contribution in [0.15, 0.2) is 53.0 Å². The SMILES string of the molecule is Cn1c(C(C#N)=Cc2ccccc2Br)nc2ccccc21. The van der Waals surface area contributed by atoms with Gasteiger partial charge in [-0.1, -0.05) is 46.3 Å². The molecule has 0 aliphatic carbocycles. The first-order valence-electron chi connectivity index (χ1n) is 6.49. The molecule has 0 aliphatic rings. The predicted octanol–water partition coefficient (Wildman–Crippen LogP) is 4.40. The number of para-hydroxylation sites is 2. The Kier molecular flexibility index (Phi) is 3.59. The molecule has 0 saturated carbocycles. The van der Waals surface area contributed by atoms with E-state index in [1.807, 2.05) is 66.2 Å². The highest BCUT2D eigenvalue weighted by Crippen LogP contribution is 2.24. The standard InChI is InChI=1S/C17H12BrN3/c1-21-16-9-5-4-8-15(16)20-17(21)13(11-19)10-12-6-2-3-7-14(12)18/h2-10H,1H3. The van der Waals surface area contributed by atoms with Gasteiger partial charge in [0.05, 0.1) is 16.6 Å². The number of benzene rings is 2. The second-order valence-electron chi connectivity index (χ2n) is 4.67. The summed E-state index contributed by atoms with van der Waals surface area (Å²) in [6, 6.07) is 17.9. The summed E-state index contributed by atoms with van der Waals surface area (Å²) in [4.78, 5) is 4.57. The van der Waals surface area contributed by atoms with Gasteiger partial charge in [-0.15, -0.1) is 0 Å². The Morgan fingerprint density at radius 1 is 1.19 bits per heavy atom. The molecule has 102 valence electrons. The number of hydrogen-bond donors (Lipinski definition) is 0. The predicted molar refractivity (Wildman–Crippen MR) is 88.3 cm³/mol. The largest absolute Gasteiger partial charge is 0.327 e. The van der Waals surface area contributed by atoms with Crippen molar-refractivity contribution in [2.45, 2.75) is 0 Å². The van der Waals surface area contributed by atoms with E-state index in [2.05, 4.69) is 27.0 Å². The van der Waals surface area contributed by atoms with Gasteiger partial charge in [0.15, 0.2) is 5.82 Å². The Labute approximate surface area is 131 Å². The molecule has 0 aliphatic heterocycles. The fraction of sp³-hybridized carbons (Fsp3) is 0.0588. The second-order valence-corrected chi connectivity index (χ2v) is 5.53. The molecule has 0 fully saturated rings. The van der Waals surface area contributed by atoms with E-state index in [4.69, 9.17) is 0 Å². The topological polar surface area (TPSA) is 41.6 Å². The molecule has 3 nitrogen and oxygen atoms in total. The lowest BCUT2D eigenvalue weighted by Gasteiger charge is -2.02. The van der Waals surface area contributed by atoms with Crippen molar-refractivity contribution >= 4 is 38.6 Å². The van der Waals surface area contributed by atoms with E-state index >= 15 is 0 Å². The van der Waals surface area contributed by atoms with Crippen molar-refractivity contribution in [2.24, 2.45) is 7.05 Å². The van der Waals surface area contributed by atoms with Crippen LogP contribution in [0.3, 0.4) is 0 Å². The van der Waals surface area contributed by atoms with E-state index in [0.29, 0.717) is 11.4 Å². The number of aromatic nitrogens is 2. The molecule has 4 heteroatoms. The lowest BCUT2D eigenvalue weighted by molar-refractivity contribution is 0.925. The van der Waals surface area contributed by atoms with Crippen LogP contribution in [0.25, 0.3) is 22.7 Å². The number of nitriles is 1. The molecule has 0 saturated heterocycles. The monoisotopic (exact) mass is 337 g/mol. The van der Waals surface area contributed by atoms with Gasteiger partial charge < -0.3 is 4.57 Å². The number of rotatable bonds is 2. The zero-order valence-electron chi connectivity index (χ0n) is 11.4. The van der Waals surface area contributed by atoms with E-state index in [1.54, 1.807) is 0 Å². The zero-order valence-corrected chi connectivity index (χ0v) is 13.0. The summed E-state index contributed by atoms with van der Waals surface area (Å²) in [5, 5.41) is 9.49. The highest BCUT2D eigenvalue weighted by atomic mass is 79.9. The normalized spacial score (nSPS) is 11.6. The minimum absolute atomic E-state index is 0.542. The van der Waals surface area contributed by atoms with Crippen molar-refractivity contribution in [3.63, 3.8) is 0 Å². The maximum atomic E-state index is 9.49. The van der Waals surface area contributed by atoms with Crippen LogP contribution in [0.4, 0.5) is 0 Å². The lowest BCUT2D eigenvalue weighted by Crippen LogP contribution is -1.96. The van der Waals surface area contributed by atoms with Gasteiger partial charge in [0, 0.05) is 11.5 Å². The van der Waals surface area contributed by atoms with Crippen LogP contribution in [-0.4, -0.2) is 9.55 Å². The first kappa shape index (κ1) is 13.6. The van der Waals surface area contributed by atoms with E-state index in [1.165, 1.54) is 0 Å². The molecule has 0 radical (unpaired) electrons. The van der Waals surface area contributed by atoms with E-state index < -0.39 is 0 Å². The average molecular weight is 338 g/mol. The number of imidazole rings is 1. The van der Waals surface area contributed by atoms with E-state index in [9.17, 15) is 5.26 Å². The van der Waals surface area contributed by atoms with Crippen LogP contribution in [0.2, 0.25) is 0 Å². The van der Waals surface area contributed by atoms with Crippen LogP contribution in [-0.2, 0) is 7.05 Å². The maximum absolute atomic E-state index is 9.49. The molecule has 2 aromatic carbocycles. The first-order chi connectivity index (χ1) is 10.2. The molecule has 21 heavy (non-hydrogen) atoms. The summed E-state index contributed by atoms with van der Waals surface area (Å²) in [7, 11) is 1.93. The highest BCUT2D eigenvalue weighted by molar-refractivity contribution is 9.10. The third-order valence-electron chi connectivity index (χ3n) is 3.35. The minimum Gasteiger partial charge on any atom is -0.327 e. The van der Waals surface area contributed by atoms with Crippen molar-refractivity contribution < 1.29 is 0 Å². The second kappa shape index (κ2) is 5.55. The minimum atomic E-state index is 0.542. The van der Waals surface area contributed by atoms with Crippen molar-refractivity contribution in [1.82, 2.24) is 9.55 Å². The molecule has 1 heterocycles. The van der Waals surface area contributed by atoms with Crippen LogP contribution in [0, 0.1) is 11.3 Å². The molecule has 0 spiro atoms. The van der Waals surface area contributed by atoms with Gasteiger partial charge in [0.1, 0.15) is 6.07 Å². The molecule has 0 bridgehead atoms. The number of hydrogen-bond acceptors (Lipinski definition) is 2. The molecule has 1 aromatic heterocycles. The fourth-order valence-electron chi connectivity index (χ4n) is 2.28. The molecule has 3 rings (SSSR count). The van der Waals surface area contributed by atoms with Gasteiger partial charge in [-0.3, -0.25) is 0 Å². The van der Waals surface area contributed by atoms with Crippen molar-refractivity contribution in [3.05, 3.63) is 64.4 Å². The Hall–Kier alpha value is -2.38. The Morgan fingerprint density at radius 2 is 1.90 bits per heavy atom. The molecular weight excluding hydrogens is 326 g/mol. The Balaban J connectivity index is 2.18. The van der Waals surface area contributed by atoms with Crippen LogP contribution >= 0.6 is 15.9 Å². The van der Waals surface area contributed by atoms with Gasteiger partial charge in [0.25, 0.3) is 0 Å². The maximum Gasteiger partial charge on any atom is 0.151 e. The molecule has 0 N–H and O–H groups in total. The quantitative estimate of drug-likeness (QED) is 0.650. The number of halogens is 1. The van der Waals surface area contributed by atoms with Gasteiger partial charge in [-0.05, 0) is 29.8 Å². The van der Waals surface area contributed by atoms with Crippen LogP contribution in [0.1, 0.15) is 11.4 Å². The van der Waals surface area contributed by atoms with Crippen molar-refractivity contribution in [1.29, 1.82) is 5.26 Å². The number of allylic oxidation sites excluding steroid dienone is 1. The smallest absolute Gasteiger partial charge is 0.151 e. The lowest BCUT2D eigenvalue weighted by atomic mass is 10.1. The highest BCUT2D eigenvalue weighted by Gasteiger charge is 2.12. The molecule has 0 atom stereocenters. The summed E-state index contributed by atoms with van der Waals surface area (Å²) in [5.74, 6) is 0.675. The molecule has 3 aromatic rings. The molecular formula is C17H12BrN3. The third-order valence-corrected chi connectivity index (χ3v) is 4.08. The third kappa shape index (κ3) is 2.48. The summed E-state index contributed by atoms with van der Waals surface area (Å²) >= 11 is 3.50. The number of nitrogens with zero attached hydrogens (tertiary/aromatic N) is 3. The van der Waals surface area contributed by atoms with E-state index in [0.717, 1.165) is 21.1 Å². The van der Waals surface area contributed by atoms with Gasteiger partial charge >= 0.3 is 0 Å². The van der Waals surface area contributed by atoms with Crippen LogP contribution in [0.5, 0.6) is 0 Å². The summed E-state index contributed by atoms with van der Waals surface area (Å²) in [6.07, 6.45) is 1.85. The van der Waals surface area contributed by atoms with Gasteiger partial charge in [-0.2, -0.15) is 5.26 Å². The van der Waals surface area contributed by atoms with Gasteiger partial charge in [-0.25, -0.2) is 4.98 Å². The zero-order chi connectivity index (χ0) is 14.8. The Morgan fingerprint density at radius 3 is 2.62 bits per heavy atom. The fourth-order valence-corrected chi connectivity index (χ4v) is 2.68. The Bertz CT molecular complexity index is 884. The first-order valence-corrected chi connectivity index (χ1v) is 7.28. The summed E-state index contributed by atoms with van der Waals surface area (Å²) in [6.45, 7) is 0. The average Bonchev–Trinajstić information content (AvgIpc) is 2.84. The number of aryl methyl sites for hydroxylation is 1. The molecule has 0 unspecified atom stereocenters. The van der Waals surface area contributed by atoms with Crippen LogP contribution < -0.4 is 0 Å². The van der Waals surface area contributed by atoms with E-state index in [-0.39, 0.29) is 0 Å². The van der Waals surface area contributed by atoms with Gasteiger partial charge in [0.2, 0.25) is 0 Å². The number of fused-ring (bicyclic) bond motifs is 1. The molecule has 0 amide bonds.